The Labute approximate surface area is 204 Å². The quantitative estimate of drug-likeness (QED) is 0.328. The summed E-state index contributed by atoms with van der Waals surface area (Å²) in [6.07, 6.45) is 0.539. The lowest BCUT2D eigenvalue weighted by molar-refractivity contribution is 0.483. The second-order valence-corrected chi connectivity index (χ2v) is 8.74. The largest absolute Gasteiger partial charge is 0.457 e. The Morgan fingerprint density at radius 2 is 1.50 bits per heavy atom. The molecule has 4 aromatic rings. The van der Waals surface area contributed by atoms with Gasteiger partial charge >= 0.3 is 0 Å². The van der Waals surface area contributed by atoms with E-state index in [0.29, 0.717) is 11.4 Å². The van der Waals surface area contributed by atoms with E-state index in [9.17, 15) is 0 Å². The zero-order valence-corrected chi connectivity index (χ0v) is 19.8. The molecule has 0 aromatic heterocycles. The first kappa shape index (κ1) is 21.9. The highest BCUT2D eigenvalue weighted by molar-refractivity contribution is 6.33. The van der Waals surface area contributed by atoms with Gasteiger partial charge in [-0.15, -0.1) is 0 Å². The van der Waals surface area contributed by atoms with E-state index >= 15 is 0 Å². The molecule has 0 saturated heterocycles. The summed E-state index contributed by atoms with van der Waals surface area (Å²) in [5, 5.41) is 4.07. The van der Waals surface area contributed by atoms with Crippen LogP contribution in [0.15, 0.2) is 101 Å². The Morgan fingerprint density at radius 3 is 2.24 bits per heavy atom. The summed E-state index contributed by atoms with van der Waals surface area (Å²) in [5.41, 5.74) is 6.75. The molecule has 0 spiro atoms. The van der Waals surface area contributed by atoms with Crippen molar-refractivity contribution in [1.82, 2.24) is 0 Å². The van der Waals surface area contributed by atoms with Gasteiger partial charge in [0, 0.05) is 12.5 Å². The van der Waals surface area contributed by atoms with Gasteiger partial charge in [-0.05, 0) is 55.8 Å². The molecule has 1 aliphatic rings. The van der Waals surface area contributed by atoms with Crippen molar-refractivity contribution < 1.29 is 4.74 Å². The van der Waals surface area contributed by atoms with Crippen LogP contribution in [0.2, 0.25) is 5.02 Å². The van der Waals surface area contributed by atoms with Gasteiger partial charge in [0.1, 0.15) is 17.3 Å². The zero-order chi connectivity index (χ0) is 23.5. The zero-order valence-electron chi connectivity index (χ0n) is 19.0. The highest BCUT2D eigenvalue weighted by Gasteiger charge is 2.17. The number of aryl methyl sites for hydroxylation is 2. The van der Waals surface area contributed by atoms with Crippen molar-refractivity contribution in [2.24, 2.45) is 9.98 Å². The van der Waals surface area contributed by atoms with Crippen molar-refractivity contribution in [3.8, 4) is 11.5 Å². The minimum atomic E-state index is 0.539. The number of benzene rings is 4. The summed E-state index contributed by atoms with van der Waals surface area (Å²) in [6.45, 7) is 4.13. The molecule has 0 bridgehead atoms. The van der Waals surface area contributed by atoms with Crippen molar-refractivity contribution in [3.05, 3.63) is 113 Å². The van der Waals surface area contributed by atoms with Crippen molar-refractivity contribution in [2.75, 3.05) is 5.32 Å². The van der Waals surface area contributed by atoms with Crippen LogP contribution in [0, 0.1) is 13.8 Å². The number of rotatable bonds is 4. The third-order valence-corrected chi connectivity index (χ3v) is 5.91. The summed E-state index contributed by atoms with van der Waals surface area (Å²) < 4.78 is 6.09. The van der Waals surface area contributed by atoms with E-state index in [1.807, 2.05) is 66.7 Å². The normalized spacial score (nSPS) is 14.1. The highest BCUT2D eigenvalue weighted by Crippen LogP contribution is 2.35. The first-order chi connectivity index (χ1) is 16.5. The number of hydrogen-bond acceptors (Lipinski definition) is 3. The molecule has 34 heavy (non-hydrogen) atoms. The summed E-state index contributed by atoms with van der Waals surface area (Å²) in [7, 11) is 0. The van der Waals surface area contributed by atoms with Gasteiger partial charge in [-0.2, -0.15) is 0 Å². The number of nitrogens with one attached hydrogen (secondary N) is 1. The second kappa shape index (κ2) is 9.54. The average molecular weight is 466 g/mol. The molecule has 4 nitrogen and oxygen atoms in total. The number of anilines is 1. The molecular weight excluding hydrogens is 442 g/mol. The van der Waals surface area contributed by atoms with Crippen LogP contribution in [0.5, 0.6) is 11.5 Å². The molecule has 5 heteroatoms. The SMILES string of the molecule is Cc1ccc(Oc2ccc3c(c2)N=C(c2ccc(C)cc2)CC(=Nc2ccccc2Cl)N3)cc1. The number of ether oxygens (including phenoxy) is 1. The number of nitrogens with zero attached hydrogens (tertiary/aromatic N) is 2. The molecule has 0 fully saturated rings. The van der Waals surface area contributed by atoms with E-state index in [0.717, 1.165) is 45.7 Å². The minimum Gasteiger partial charge on any atom is -0.457 e. The van der Waals surface area contributed by atoms with Crippen LogP contribution < -0.4 is 10.1 Å². The van der Waals surface area contributed by atoms with Gasteiger partial charge in [0.05, 0.1) is 27.8 Å². The summed E-state index contributed by atoms with van der Waals surface area (Å²) in [5.74, 6) is 2.29. The number of halogens is 1. The molecule has 168 valence electrons. The maximum Gasteiger partial charge on any atom is 0.129 e. The van der Waals surface area contributed by atoms with Gasteiger partial charge < -0.3 is 10.1 Å². The van der Waals surface area contributed by atoms with Crippen LogP contribution in [0.4, 0.5) is 17.1 Å². The number of fused-ring (bicyclic) bond motifs is 1. The van der Waals surface area contributed by atoms with Crippen molar-refractivity contribution in [2.45, 2.75) is 20.3 Å². The molecule has 0 unspecified atom stereocenters. The third-order valence-electron chi connectivity index (χ3n) is 5.59. The van der Waals surface area contributed by atoms with Crippen molar-refractivity contribution in [3.63, 3.8) is 0 Å². The Morgan fingerprint density at radius 1 is 0.824 bits per heavy atom. The predicted octanol–water partition coefficient (Wildman–Crippen LogP) is 8.42. The number of para-hydroxylation sites is 1. The number of amidine groups is 1. The lowest BCUT2D eigenvalue weighted by Gasteiger charge is -2.11. The number of hydrogen-bond donors (Lipinski definition) is 1. The Kier molecular flexibility index (Phi) is 6.15. The average Bonchev–Trinajstić information content (AvgIpc) is 3.01. The smallest absolute Gasteiger partial charge is 0.129 e. The van der Waals surface area contributed by atoms with Crippen LogP contribution >= 0.6 is 11.6 Å². The van der Waals surface area contributed by atoms with Gasteiger partial charge in [0.15, 0.2) is 0 Å². The van der Waals surface area contributed by atoms with E-state index in [4.69, 9.17) is 26.3 Å². The molecule has 1 heterocycles. The Hall–Kier alpha value is -3.89. The fraction of sp³-hybridized carbons (Fsp3) is 0.103. The predicted molar refractivity (Wildman–Crippen MR) is 142 cm³/mol. The molecule has 0 amide bonds. The molecule has 5 rings (SSSR count). The van der Waals surface area contributed by atoms with Gasteiger partial charge in [-0.3, -0.25) is 4.99 Å². The molecule has 0 atom stereocenters. The topological polar surface area (TPSA) is 46.0 Å². The highest BCUT2D eigenvalue weighted by atomic mass is 35.5. The monoisotopic (exact) mass is 465 g/mol. The van der Waals surface area contributed by atoms with Crippen LogP contribution in [-0.2, 0) is 0 Å². The fourth-order valence-electron chi connectivity index (χ4n) is 3.73. The minimum absolute atomic E-state index is 0.539. The molecule has 0 radical (unpaired) electrons. The lowest BCUT2D eigenvalue weighted by Crippen LogP contribution is -2.15. The van der Waals surface area contributed by atoms with E-state index < -0.39 is 0 Å². The summed E-state index contributed by atoms with van der Waals surface area (Å²) in [4.78, 5) is 9.86. The summed E-state index contributed by atoms with van der Waals surface area (Å²) in [6, 6.07) is 29.8. The Balaban J connectivity index is 1.55. The first-order valence-electron chi connectivity index (χ1n) is 11.2. The van der Waals surface area contributed by atoms with Gasteiger partial charge in [-0.25, -0.2) is 4.99 Å². The van der Waals surface area contributed by atoms with E-state index in [2.05, 4.69) is 43.4 Å². The first-order valence-corrected chi connectivity index (χ1v) is 11.5. The van der Waals surface area contributed by atoms with Gasteiger partial charge in [0.25, 0.3) is 0 Å². The maximum atomic E-state index is 6.38. The lowest BCUT2D eigenvalue weighted by atomic mass is 10.1. The van der Waals surface area contributed by atoms with Crippen molar-refractivity contribution in [1.29, 1.82) is 0 Å². The van der Waals surface area contributed by atoms with Crippen LogP contribution in [0.1, 0.15) is 23.1 Å². The van der Waals surface area contributed by atoms with Crippen molar-refractivity contribution >= 4 is 40.2 Å². The van der Waals surface area contributed by atoms with Gasteiger partial charge in [-0.1, -0.05) is 71.3 Å². The molecule has 0 aliphatic carbocycles. The standard InChI is InChI=1S/C29H24ClN3O/c1-19-7-11-21(12-8-19)27-18-29(32-25-6-4-3-5-24(25)30)33-26-16-15-23(17-28(26)31-27)34-22-13-9-20(2)10-14-22/h3-17H,18H2,1-2H3,(H,32,33). The second-order valence-electron chi connectivity index (χ2n) is 8.33. The third kappa shape index (κ3) is 5.03. The molecular formula is C29H24ClN3O. The van der Waals surface area contributed by atoms with Crippen LogP contribution in [0.3, 0.4) is 0 Å². The summed E-state index contributed by atoms with van der Waals surface area (Å²) >= 11 is 6.38. The van der Waals surface area contributed by atoms with Crippen LogP contribution in [0.25, 0.3) is 0 Å². The molecule has 1 N–H and O–H groups in total. The molecule has 0 saturated carbocycles. The van der Waals surface area contributed by atoms with E-state index in [1.165, 1.54) is 11.1 Å². The molecule has 1 aliphatic heterocycles. The molecule has 4 aromatic carbocycles. The van der Waals surface area contributed by atoms with Gasteiger partial charge in [0.2, 0.25) is 0 Å². The Bertz CT molecular complexity index is 1390. The number of aliphatic imine (C=N–C) groups is 2. The van der Waals surface area contributed by atoms with Crippen LogP contribution in [-0.4, -0.2) is 11.5 Å². The van der Waals surface area contributed by atoms with E-state index in [-0.39, 0.29) is 0 Å². The van der Waals surface area contributed by atoms with E-state index in [1.54, 1.807) is 0 Å². The maximum absolute atomic E-state index is 6.38. The fourth-order valence-corrected chi connectivity index (χ4v) is 3.90.